The number of benzene rings is 1. The Morgan fingerprint density at radius 2 is 2.03 bits per heavy atom. The molecule has 3 N–H and O–H groups in total. The van der Waals surface area contributed by atoms with Gasteiger partial charge in [-0.05, 0) is 49.1 Å². The molecule has 2 heterocycles. The molecule has 10 heteroatoms. The number of carbonyl (C=O) groups excluding carboxylic acids is 1. The second-order valence-electron chi connectivity index (χ2n) is 7.71. The van der Waals surface area contributed by atoms with Crippen LogP contribution < -0.4 is 11.1 Å². The number of aliphatic imine (C=N–C) groups is 1. The smallest absolute Gasteiger partial charge is 0.379 e. The Morgan fingerprint density at radius 1 is 1.23 bits per heavy atom. The number of anilines is 1. The highest BCUT2D eigenvalue weighted by molar-refractivity contribution is 8.13. The van der Waals surface area contributed by atoms with Gasteiger partial charge in [0.05, 0.1) is 11.1 Å². The molecule has 1 saturated carbocycles. The average Bonchev–Trinajstić information content (AvgIpc) is 2.74. The molecule has 164 valence electrons. The van der Waals surface area contributed by atoms with Gasteiger partial charge in [-0.3, -0.25) is 14.8 Å². The molecule has 0 bridgehead atoms. The summed E-state index contributed by atoms with van der Waals surface area (Å²) < 4.78 is 53.0. The molecule has 2 aromatic rings. The molecule has 1 amide bonds. The Hall–Kier alpha value is -2.62. The Morgan fingerprint density at radius 3 is 2.74 bits per heavy atom. The zero-order valence-corrected chi connectivity index (χ0v) is 17.2. The summed E-state index contributed by atoms with van der Waals surface area (Å²) in [5.74, 6) is -0.233. The number of nitrogens with one attached hydrogen (secondary N) is 1. The molecule has 4 rings (SSSR count). The van der Waals surface area contributed by atoms with Gasteiger partial charge in [-0.25, -0.2) is 4.39 Å². The molecule has 2 unspecified atom stereocenters. The number of halogens is 4. The number of amides is 1. The van der Waals surface area contributed by atoms with E-state index < -0.39 is 29.0 Å². The van der Waals surface area contributed by atoms with Crippen LogP contribution in [0.25, 0.3) is 0 Å². The highest BCUT2D eigenvalue weighted by Crippen LogP contribution is 2.50. The zero-order chi connectivity index (χ0) is 22.2. The van der Waals surface area contributed by atoms with Crippen molar-refractivity contribution in [1.29, 1.82) is 0 Å². The molecular weight excluding hydrogens is 432 g/mol. The van der Waals surface area contributed by atoms with E-state index in [9.17, 15) is 22.4 Å². The molecule has 0 radical (unpaired) electrons. The first kappa shape index (κ1) is 21.6. The normalized spacial score (nSPS) is 23.6. The van der Waals surface area contributed by atoms with Gasteiger partial charge in [0.15, 0.2) is 5.17 Å². The molecule has 2 atom stereocenters. The van der Waals surface area contributed by atoms with Gasteiger partial charge in [0.2, 0.25) is 0 Å². The van der Waals surface area contributed by atoms with E-state index in [2.05, 4.69) is 15.3 Å². The first-order chi connectivity index (χ1) is 14.7. The summed E-state index contributed by atoms with van der Waals surface area (Å²) in [6, 6.07) is 6.00. The van der Waals surface area contributed by atoms with Crippen molar-refractivity contribution in [3.05, 3.63) is 59.2 Å². The van der Waals surface area contributed by atoms with E-state index in [0.29, 0.717) is 29.0 Å². The van der Waals surface area contributed by atoms with E-state index in [4.69, 9.17) is 5.73 Å². The van der Waals surface area contributed by atoms with Crippen molar-refractivity contribution in [2.24, 2.45) is 16.6 Å². The topological polar surface area (TPSA) is 80.4 Å². The zero-order valence-electron chi connectivity index (χ0n) is 16.4. The predicted octanol–water partition coefficient (Wildman–Crippen LogP) is 4.94. The highest BCUT2D eigenvalue weighted by atomic mass is 32.2. The van der Waals surface area contributed by atoms with Crippen LogP contribution in [0, 0.1) is 11.7 Å². The van der Waals surface area contributed by atoms with Crippen LogP contribution in [0.5, 0.6) is 0 Å². The number of carbonyl (C=O) groups is 1. The van der Waals surface area contributed by atoms with Gasteiger partial charge >= 0.3 is 6.18 Å². The van der Waals surface area contributed by atoms with Gasteiger partial charge in [-0.2, -0.15) is 13.2 Å². The Balaban J connectivity index is 1.62. The number of aromatic nitrogens is 1. The highest BCUT2D eigenvalue weighted by Gasteiger charge is 2.46. The van der Waals surface area contributed by atoms with Crippen LogP contribution in [0.2, 0.25) is 0 Å². The maximum absolute atomic E-state index is 14.9. The third-order valence-electron chi connectivity index (χ3n) is 5.79. The number of amidine groups is 1. The van der Waals surface area contributed by atoms with E-state index >= 15 is 0 Å². The maximum atomic E-state index is 14.9. The van der Waals surface area contributed by atoms with E-state index in [1.807, 2.05) is 0 Å². The van der Waals surface area contributed by atoms with Crippen molar-refractivity contribution in [3.8, 4) is 0 Å². The number of rotatable bonds is 3. The average molecular weight is 452 g/mol. The van der Waals surface area contributed by atoms with Crippen LogP contribution in [0.3, 0.4) is 0 Å². The van der Waals surface area contributed by atoms with Gasteiger partial charge in [0, 0.05) is 23.2 Å². The summed E-state index contributed by atoms with van der Waals surface area (Å²) in [6.45, 7) is 0. The van der Waals surface area contributed by atoms with Gasteiger partial charge < -0.3 is 11.1 Å². The molecule has 0 spiro atoms. The molecular formula is C21H20F4N4OS. The van der Waals surface area contributed by atoms with Gasteiger partial charge in [0.25, 0.3) is 5.91 Å². The molecule has 0 saturated heterocycles. The molecule has 31 heavy (non-hydrogen) atoms. The van der Waals surface area contributed by atoms with Gasteiger partial charge in [-0.1, -0.05) is 24.6 Å². The summed E-state index contributed by atoms with van der Waals surface area (Å²) in [6.07, 6.45) is -0.426. The lowest BCUT2D eigenvalue weighted by Gasteiger charge is -2.44. The van der Waals surface area contributed by atoms with Crippen molar-refractivity contribution >= 4 is 28.5 Å². The van der Waals surface area contributed by atoms with Crippen molar-refractivity contribution in [2.75, 3.05) is 11.1 Å². The summed E-state index contributed by atoms with van der Waals surface area (Å²) in [5, 5.41) is 3.01. The SMILES string of the molecule is NC1=NC2(c3cc(NC(=O)c4ccc(C(F)(F)F)cn4)ccc3F)CCCCC2CS1. The van der Waals surface area contributed by atoms with E-state index in [1.54, 1.807) is 6.07 Å². The Kier molecular flexibility index (Phi) is 5.67. The summed E-state index contributed by atoms with van der Waals surface area (Å²) in [7, 11) is 0. The third-order valence-corrected chi connectivity index (χ3v) is 6.75. The van der Waals surface area contributed by atoms with Crippen LogP contribution in [0.15, 0.2) is 41.5 Å². The lowest BCUT2D eigenvalue weighted by molar-refractivity contribution is -0.137. The first-order valence-corrected chi connectivity index (χ1v) is 10.8. The molecule has 1 aliphatic heterocycles. The van der Waals surface area contributed by atoms with Crippen LogP contribution in [-0.2, 0) is 11.7 Å². The van der Waals surface area contributed by atoms with E-state index in [-0.39, 0.29) is 11.6 Å². The van der Waals surface area contributed by atoms with Crippen LogP contribution in [0.1, 0.15) is 47.3 Å². The first-order valence-electron chi connectivity index (χ1n) is 9.82. The minimum Gasteiger partial charge on any atom is -0.379 e. The number of hydrogen-bond donors (Lipinski definition) is 2. The summed E-state index contributed by atoms with van der Waals surface area (Å²) >= 11 is 1.46. The molecule has 1 aromatic heterocycles. The predicted molar refractivity (Wildman–Crippen MR) is 111 cm³/mol. The molecule has 1 aliphatic carbocycles. The summed E-state index contributed by atoms with van der Waals surface area (Å²) in [4.78, 5) is 20.7. The molecule has 5 nitrogen and oxygen atoms in total. The monoisotopic (exact) mass is 452 g/mol. The number of fused-ring (bicyclic) bond motifs is 1. The Labute approximate surface area is 180 Å². The number of alkyl halides is 3. The molecule has 1 fully saturated rings. The summed E-state index contributed by atoms with van der Waals surface area (Å²) in [5.41, 5.74) is 4.78. The van der Waals surface area contributed by atoms with Crippen molar-refractivity contribution in [3.63, 3.8) is 0 Å². The molecule has 2 aliphatic rings. The fourth-order valence-electron chi connectivity index (χ4n) is 4.25. The minimum absolute atomic E-state index is 0.135. The number of pyridine rings is 1. The standard InChI is InChI=1S/C21H20F4N4OS/c22-16-6-5-14(28-18(30)17-7-4-12(10-27-17)21(23,24)25)9-15(16)20-8-2-1-3-13(20)11-31-19(26)29-20/h4-7,9-10,13H,1-3,8,11H2,(H2,26,29)(H,28,30). The third kappa shape index (κ3) is 4.26. The number of hydrogen-bond acceptors (Lipinski definition) is 5. The fraction of sp³-hybridized carbons (Fsp3) is 0.381. The quantitative estimate of drug-likeness (QED) is 0.647. The lowest BCUT2D eigenvalue weighted by Crippen LogP contribution is -2.43. The van der Waals surface area contributed by atoms with Gasteiger partial charge in [-0.15, -0.1) is 0 Å². The lowest BCUT2D eigenvalue weighted by atomic mass is 9.69. The fourth-order valence-corrected chi connectivity index (χ4v) is 5.29. The van der Waals surface area contributed by atoms with Gasteiger partial charge in [0.1, 0.15) is 11.5 Å². The minimum atomic E-state index is -4.54. The van der Waals surface area contributed by atoms with Crippen molar-refractivity contribution < 1.29 is 22.4 Å². The second kappa shape index (κ2) is 8.14. The van der Waals surface area contributed by atoms with Crippen LogP contribution in [0.4, 0.5) is 23.2 Å². The maximum Gasteiger partial charge on any atom is 0.417 e. The molecule has 1 aromatic carbocycles. The van der Waals surface area contributed by atoms with Crippen molar-refractivity contribution in [2.45, 2.75) is 37.4 Å². The number of nitrogens with zero attached hydrogens (tertiary/aromatic N) is 2. The van der Waals surface area contributed by atoms with E-state index in [1.165, 1.54) is 23.9 Å². The number of thioether (sulfide) groups is 1. The van der Waals surface area contributed by atoms with Crippen molar-refractivity contribution in [1.82, 2.24) is 4.98 Å². The van der Waals surface area contributed by atoms with E-state index in [0.717, 1.165) is 37.1 Å². The van der Waals surface area contributed by atoms with Crippen LogP contribution in [-0.4, -0.2) is 21.8 Å². The Bertz CT molecular complexity index is 1030. The number of nitrogens with two attached hydrogens (primary N) is 1. The largest absolute Gasteiger partial charge is 0.417 e. The second-order valence-corrected chi connectivity index (χ2v) is 8.75. The van der Waals surface area contributed by atoms with Crippen LogP contribution >= 0.6 is 11.8 Å².